The molecule has 6 rings (SSSR count). The van der Waals surface area contributed by atoms with E-state index in [0.29, 0.717) is 37.8 Å². The number of ether oxygens (including phenoxy) is 2. The number of alkyl carbamates (subject to hydrolysis) is 1. The third-order valence-corrected chi connectivity index (χ3v) is 8.66. The first-order valence-electron chi connectivity index (χ1n) is 13.4. The van der Waals surface area contributed by atoms with Crippen LogP contribution < -0.4 is 10.6 Å². The van der Waals surface area contributed by atoms with E-state index in [-0.39, 0.29) is 29.7 Å². The van der Waals surface area contributed by atoms with Gasteiger partial charge >= 0.3 is 12.1 Å². The molecule has 202 valence electrons. The zero-order chi connectivity index (χ0) is 26.4. The summed E-state index contributed by atoms with van der Waals surface area (Å²) in [4.78, 5) is 40.0. The van der Waals surface area contributed by atoms with Crippen molar-refractivity contribution in [2.45, 2.75) is 89.1 Å². The fraction of sp³-hybridized carbons (Fsp3) is 0.679. The van der Waals surface area contributed by atoms with Crippen LogP contribution in [0.5, 0.6) is 0 Å². The smallest absolute Gasteiger partial charge is 0.408 e. The molecule has 4 bridgehead atoms. The summed E-state index contributed by atoms with van der Waals surface area (Å²) in [7, 11) is 1.32. The number of rotatable bonds is 8. The number of hydrogen-bond donors (Lipinski definition) is 2. The van der Waals surface area contributed by atoms with E-state index in [4.69, 9.17) is 9.47 Å². The van der Waals surface area contributed by atoms with Gasteiger partial charge < -0.3 is 25.0 Å². The minimum absolute atomic E-state index is 0.00493. The van der Waals surface area contributed by atoms with E-state index >= 15 is 0 Å². The number of fused-ring (bicyclic) bond motifs is 1. The Morgan fingerprint density at radius 3 is 2.49 bits per heavy atom. The van der Waals surface area contributed by atoms with Crippen molar-refractivity contribution in [2.75, 3.05) is 13.7 Å². The van der Waals surface area contributed by atoms with Crippen molar-refractivity contribution in [1.29, 1.82) is 0 Å². The fourth-order valence-electron chi connectivity index (χ4n) is 7.62. The third-order valence-electron chi connectivity index (χ3n) is 8.66. The van der Waals surface area contributed by atoms with Crippen molar-refractivity contribution in [3.8, 4) is 0 Å². The number of hydrogen-bond acceptors (Lipinski definition) is 6. The van der Waals surface area contributed by atoms with Gasteiger partial charge in [-0.05, 0) is 79.5 Å². The zero-order valence-corrected chi connectivity index (χ0v) is 22.0. The number of nitrogens with zero attached hydrogens (tertiary/aromatic N) is 1. The van der Waals surface area contributed by atoms with Gasteiger partial charge in [0.1, 0.15) is 17.5 Å². The van der Waals surface area contributed by atoms with Crippen LogP contribution in [0.15, 0.2) is 18.2 Å². The van der Waals surface area contributed by atoms with Crippen molar-refractivity contribution in [3.63, 3.8) is 0 Å². The minimum Gasteiger partial charge on any atom is -0.467 e. The fourth-order valence-corrected chi connectivity index (χ4v) is 7.62. The number of amides is 2. The van der Waals surface area contributed by atoms with Crippen LogP contribution in [0.25, 0.3) is 0 Å². The zero-order valence-electron chi connectivity index (χ0n) is 22.0. The molecule has 0 spiro atoms. The second-order valence-corrected chi connectivity index (χ2v) is 12.2. The molecule has 1 aliphatic heterocycles. The summed E-state index contributed by atoms with van der Waals surface area (Å²) in [5.41, 5.74) is 1.01. The van der Waals surface area contributed by atoms with Gasteiger partial charge in [0.15, 0.2) is 0 Å². The predicted octanol–water partition coefficient (Wildman–Crippen LogP) is 3.66. The number of esters is 1. The molecule has 2 amide bonds. The molecule has 0 aromatic heterocycles. The maximum Gasteiger partial charge on any atom is 0.408 e. The maximum atomic E-state index is 13.6. The quantitative estimate of drug-likeness (QED) is 0.513. The Balaban J connectivity index is 1.21. The molecule has 1 heterocycles. The van der Waals surface area contributed by atoms with Crippen molar-refractivity contribution in [2.24, 2.45) is 17.8 Å². The maximum absolute atomic E-state index is 13.6. The summed E-state index contributed by atoms with van der Waals surface area (Å²) in [6.45, 7) is 5.10. The second kappa shape index (κ2) is 9.89. The highest BCUT2D eigenvalue weighted by Crippen LogP contribution is 2.58. The lowest BCUT2D eigenvalue weighted by atomic mass is 9.51. The van der Waals surface area contributed by atoms with Crippen LogP contribution >= 0.6 is 0 Å². The largest absolute Gasteiger partial charge is 0.467 e. The van der Waals surface area contributed by atoms with E-state index < -0.39 is 23.7 Å². The molecule has 4 aliphatic carbocycles. The lowest BCUT2D eigenvalue weighted by molar-refractivity contribution is -0.151. The minimum atomic E-state index is -0.742. The highest BCUT2D eigenvalue weighted by atomic mass is 19.1. The molecule has 5 aliphatic rings. The summed E-state index contributed by atoms with van der Waals surface area (Å²) in [5.74, 6) is 0.312. The van der Waals surface area contributed by atoms with Crippen LogP contribution in [0.2, 0.25) is 0 Å². The molecule has 3 atom stereocenters. The summed E-state index contributed by atoms with van der Waals surface area (Å²) in [5, 5.41) is 6.33. The van der Waals surface area contributed by atoms with Gasteiger partial charge in [0, 0.05) is 25.0 Å². The Kier molecular flexibility index (Phi) is 6.94. The molecule has 8 nitrogen and oxygen atoms in total. The molecular formula is C28H38FN3O5. The molecule has 2 N–H and O–H groups in total. The molecule has 9 heteroatoms. The average Bonchev–Trinajstić information content (AvgIpc) is 3.23. The lowest BCUT2D eigenvalue weighted by Gasteiger charge is -2.61. The molecule has 4 saturated carbocycles. The highest BCUT2D eigenvalue weighted by Gasteiger charge is 2.59. The van der Waals surface area contributed by atoms with Crippen LogP contribution in [0.3, 0.4) is 0 Å². The van der Waals surface area contributed by atoms with E-state index in [2.05, 4.69) is 10.6 Å². The highest BCUT2D eigenvalue weighted by molar-refractivity contribution is 5.81. The average molecular weight is 516 g/mol. The van der Waals surface area contributed by atoms with Gasteiger partial charge in [-0.2, -0.15) is 0 Å². The van der Waals surface area contributed by atoms with Crippen LogP contribution in [0.1, 0.15) is 69.9 Å². The number of methoxy groups -OCH3 is 1. The van der Waals surface area contributed by atoms with Gasteiger partial charge in [0.05, 0.1) is 13.7 Å². The Hall–Kier alpha value is -2.68. The second-order valence-electron chi connectivity index (χ2n) is 12.2. The van der Waals surface area contributed by atoms with Gasteiger partial charge in [-0.25, -0.2) is 14.0 Å². The summed E-state index contributed by atoms with van der Waals surface area (Å²) in [6, 6.07) is 3.95. The molecule has 0 radical (unpaired) electrons. The van der Waals surface area contributed by atoms with Gasteiger partial charge in [-0.15, -0.1) is 0 Å². The normalized spacial score (nSPS) is 30.2. The molecule has 1 aromatic carbocycles. The van der Waals surface area contributed by atoms with Gasteiger partial charge in [-0.3, -0.25) is 4.79 Å². The van der Waals surface area contributed by atoms with E-state index in [1.807, 2.05) is 13.8 Å². The molecule has 4 fully saturated rings. The number of carbonyl (C=O) groups excluding carboxylic acids is 3. The SMILES string of the molecule is COC(=O)[C@@H](CC(C)C)NC(=O)OC12CC3CC(CC(NCC(=O)N4Cc5ccc(F)cc5C4)(C3)C1)C2. The van der Waals surface area contributed by atoms with Crippen LogP contribution in [0, 0.1) is 23.6 Å². The first-order chi connectivity index (χ1) is 17.6. The third kappa shape index (κ3) is 5.47. The topological polar surface area (TPSA) is 97.0 Å². The Bertz CT molecular complexity index is 1060. The van der Waals surface area contributed by atoms with E-state index in [1.165, 1.54) is 19.2 Å². The molecule has 2 unspecified atom stereocenters. The molecular weight excluding hydrogens is 477 g/mol. The van der Waals surface area contributed by atoms with Crippen molar-refractivity contribution < 1.29 is 28.2 Å². The number of carbonyl (C=O) groups is 3. The molecule has 0 saturated heterocycles. The predicted molar refractivity (Wildman–Crippen MR) is 134 cm³/mol. The summed E-state index contributed by atoms with van der Waals surface area (Å²) < 4.78 is 24.6. The molecule has 1 aromatic rings. The Morgan fingerprint density at radius 2 is 1.81 bits per heavy atom. The number of benzene rings is 1. The van der Waals surface area contributed by atoms with Crippen LogP contribution in [-0.2, 0) is 32.2 Å². The van der Waals surface area contributed by atoms with Crippen LogP contribution in [0.4, 0.5) is 9.18 Å². The Labute approximate surface area is 217 Å². The lowest BCUT2D eigenvalue weighted by Crippen LogP contribution is -2.66. The Morgan fingerprint density at radius 1 is 1.11 bits per heavy atom. The van der Waals surface area contributed by atoms with Gasteiger partial charge in [0.25, 0.3) is 0 Å². The van der Waals surface area contributed by atoms with E-state index in [0.717, 1.165) is 43.2 Å². The van der Waals surface area contributed by atoms with Crippen molar-refractivity contribution >= 4 is 18.0 Å². The first-order valence-corrected chi connectivity index (χ1v) is 13.4. The van der Waals surface area contributed by atoms with Gasteiger partial charge in [0.2, 0.25) is 5.91 Å². The van der Waals surface area contributed by atoms with Gasteiger partial charge in [-0.1, -0.05) is 19.9 Å². The monoisotopic (exact) mass is 515 g/mol. The van der Waals surface area contributed by atoms with Crippen LogP contribution in [-0.4, -0.2) is 53.7 Å². The van der Waals surface area contributed by atoms with Crippen molar-refractivity contribution in [1.82, 2.24) is 15.5 Å². The summed E-state index contributed by atoms with van der Waals surface area (Å²) in [6.07, 6.45) is 5.23. The number of nitrogens with one attached hydrogen (secondary N) is 2. The van der Waals surface area contributed by atoms with E-state index in [1.54, 1.807) is 11.0 Å². The van der Waals surface area contributed by atoms with E-state index in [9.17, 15) is 18.8 Å². The standard InChI is InChI=1S/C28H38FN3O5/c1-17(2)6-23(25(34)36-3)31-26(35)37-28-11-18-7-19(12-28)10-27(9-18,16-28)30-13-24(33)32-14-20-4-5-22(29)8-21(20)15-32/h4-5,8,17-19,23,30H,6-7,9-16H2,1-3H3,(H,31,35)/t18?,19?,23-,27?,28?/m1/s1. The van der Waals surface area contributed by atoms with Crippen molar-refractivity contribution in [3.05, 3.63) is 35.1 Å². The first kappa shape index (κ1) is 25.9. The summed E-state index contributed by atoms with van der Waals surface area (Å²) >= 11 is 0. The molecule has 37 heavy (non-hydrogen) atoms. The number of halogens is 1.